The molecule has 0 heterocycles. The Morgan fingerprint density at radius 2 is 1.86 bits per heavy atom. The van der Waals surface area contributed by atoms with E-state index in [1.54, 1.807) is 0 Å². The van der Waals surface area contributed by atoms with Gasteiger partial charge in [-0.15, -0.1) is 0 Å². The molecule has 3 heteroatoms. The van der Waals surface area contributed by atoms with Crippen LogP contribution in [-0.4, -0.2) is 5.91 Å². The van der Waals surface area contributed by atoms with Crippen molar-refractivity contribution in [1.29, 1.82) is 0 Å². The Morgan fingerprint density at radius 1 is 1.14 bits per heavy atom. The average Bonchev–Trinajstić information content (AvgIpc) is 2.47. The number of aryl methyl sites for hydroxylation is 1. The number of nitrogens with one attached hydrogen (secondary N) is 1. The lowest BCUT2D eigenvalue weighted by Crippen LogP contribution is -2.28. The van der Waals surface area contributed by atoms with Gasteiger partial charge in [0.05, 0.1) is 12.5 Å². The number of hydrogen-bond donors (Lipinski definition) is 1. The summed E-state index contributed by atoms with van der Waals surface area (Å²) < 4.78 is 0.996. The van der Waals surface area contributed by atoms with Crippen LogP contribution in [0, 0.1) is 0 Å². The van der Waals surface area contributed by atoms with Crippen LogP contribution in [0.3, 0.4) is 0 Å². The minimum absolute atomic E-state index is 0.0237. The molecule has 0 aliphatic heterocycles. The molecule has 0 saturated carbocycles. The third-order valence-electron chi connectivity index (χ3n) is 3.52. The van der Waals surface area contributed by atoms with Crippen LogP contribution in [-0.2, 0) is 17.6 Å². The fourth-order valence-electron chi connectivity index (χ4n) is 2.25. The van der Waals surface area contributed by atoms with Crippen molar-refractivity contribution in [3.05, 3.63) is 69.7 Å². The zero-order valence-electron chi connectivity index (χ0n) is 12.4. The van der Waals surface area contributed by atoms with Crippen molar-refractivity contribution < 1.29 is 4.79 Å². The van der Waals surface area contributed by atoms with Crippen LogP contribution >= 0.6 is 15.9 Å². The Hall–Kier alpha value is -1.61. The zero-order valence-corrected chi connectivity index (χ0v) is 14.0. The Labute approximate surface area is 134 Å². The zero-order chi connectivity index (χ0) is 15.2. The summed E-state index contributed by atoms with van der Waals surface area (Å²) in [7, 11) is 0. The summed E-state index contributed by atoms with van der Waals surface area (Å²) in [5, 5.41) is 3.05. The maximum atomic E-state index is 12.1. The van der Waals surface area contributed by atoms with Gasteiger partial charge < -0.3 is 5.32 Å². The number of hydrogen-bond acceptors (Lipinski definition) is 1. The number of carbonyl (C=O) groups excluding carboxylic acids is 1. The fraction of sp³-hybridized carbons (Fsp3) is 0.278. The fourth-order valence-corrected chi connectivity index (χ4v) is 2.70. The molecule has 0 spiro atoms. The molecule has 1 N–H and O–H groups in total. The largest absolute Gasteiger partial charge is 0.349 e. The second-order valence-electron chi connectivity index (χ2n) is 5.19. The standard InChI is InChI=1S/C18H20BrNO/c1-3-14-7-9-16(10-8-14)13(2)20-18(21)12-15-5-4-6-17(19)11-15/h4-11,13H,3,12H2,1-2H3,(H,20,21). The molecule has 0 fully saturated rings. The van der Waals surface area contributed by atoms with Gasteiger partial charge in [0.25, 0.3) is 0 Å². The molecule has 1 unspecified atom stereocenters. The van der Waals surface area contributed by atoms with Crippen LogP contribution in [0.5, 0.6) is 0 Å². The Balaban J connectivity index is 1.95. The van der Waals surface area contributed by atoms with E-state index in [4.69, 9.17) is 0 Å². The Morgan fingerprint density at radius 3 is 2.48 bits per heavy atom. The third kappa shape index (κ3) is 4.71. The lowest BCUT2D eigenvalue weighted by molar-refractivity contribution is -0.121. The number of carbonyl (C=O) groups is 1. The Kier molecular flexibility index (Phi) is 5.57. The lowest BCUT2D eigenvalue weighted by atomic mass is 10.0. The van der Waals surface area contributed by atoms with E-state index in [0.717, 1.165) is 22.0 Å². The summed E-state index contributed by atoms with van der Waals surface area (Å²) in [5.41, 5.74) is 3.46. The summed E-state index contributed by atoms with van der Waals surface area (Å²) in [4.78, 5) is 12.1. The predicted octanol–water partition coefficient (Wildman–Crippen LogP) is 4.43. The molecular weight excluding hydrogens is 326 g/mol. The summed E-state index contributed by atoms with van der Waals surface area (Å²) in [6, 6.07) is 16.3. The van der Waals surface area contributed by atoms with Gasteiger partial charge in [0.1, 0.15) is 0 Å². The minimum Gasteiger partial charge on any atom is -0.349 e. The van der Waals surface area contributed by atoms with E-state index in [2.05, 4.69) is 52.4 Å². The predicted molar refractivity (Wildman–Crippen MR) is 90.2 cm³/mol. The van der Waals surface area contributed by atoms with Crippen LogP contribution in [0.25, 0.3) is 0 Å². The molecule has 0 radical (unpaired) electrons. The van der Waals surface area contributed by atoms with E-state index in [1.165, 1.54) is 5.56 Å². The number of amides is 1. The van der Waals surface area contributed by atoms with Gasteiger partial charge in [0, 0.05) is 4.47 Å². The first-order valence-electron chi connectivity index (χ1n) is 7.21. The van der Waals surface area contributed by atoms with Gasteiger partial charge in [-0.05, 0) is 42.2 Å². The summed E-state index contributed by atoms with van der Waals surface area (Å²) in [6.45, 7) is 4.15. The first kappa shape index (κ1) is 15.8. The molecule has 2 nitrogen and oxygen atoms in total. The normalized spacial score (nSPS) is 12.0. The number of rotatable bonds is 5. The van der Waals surface area contributed by atoms with Gasteiger partial charge in [0.2, 0.25) is 5.91 Å². The highest BCUT2D eigenvalue weighted by Gasteiger charge is 2.10. The molecule has 1 amide bonds. The van der Waals surface area contributed by atoms with Crippen molar-refractivity contribution in [2.45, 2.75) is 32.7 Å². The van der Waals surface area contributed by atoms with Gasteiger partial charge in [-0.25, -0.2) is 0 Å². The molecule has 0 saturated heterocycles. The third-order valence-corrected chi connectivity index (χ3v) is 4.01. The van der Waals surface area contributed by atoms with Gasteiger partial charge in [0.15, 0.2) is 0 Å². The van der Waals surface area contributed by atoms with Crippen molar-refractivity contribution in [1.82, 2.24) is 5.32 Å². The van der Waals surface area contributed by atoms with Crippen molar-refractivity contribution in [2.24, 2.45) is 0 Å². The summed E-state index contributed by atoms with van der Waals surface area (Å²) in [5.74, 6) is 0.0418. The van der Waals surface area contributed by atoms with E-state index in [0.29, 0.717) is 6.42 Å². The van der Waals surface area contributed by atoms with Gasteiger partial charge in [-0.2, -0.15) is 0 Å². The van der Waals surface area contributed by atoms with Crippen molar-refractivity contribution in [2.75, 3.05) is 0 Å². The molecule has 0 aromatic heterocycles. The molecule has 0 bridgehead atoms. The smallest absolute Gasteiger partial charge is 0.224 e. The van der Waals surface area contributed by atoms with E-state index in [1.807, 2.05) is 31.2 Å². The van der Waals surface area contributed by atoms with E-state index >= 15 is 0 Å². The minimum atomic E-state index is 0.0237. The molecule has 2 rings (SSSR count). The number of halogens is 1. The maximum absolute atomic E-state index is 12.1. The second-order valence-corrected chi connectivity index (χ2v) is 6.11. The van der Waals surface area contributed by atoms with Crippen LogP contribution in [0.15, 0.2) is 53.0 Å². The summed E-state index contributed by atoms with van der Waals surface area (Å²) >= 11 is 3.42. The second kappa shape index (κ2) is 7.41. The average molecular weight is 346 g/mol. The molecule has 2 aromatic carbocycles. The van der Waals surface area contributed by atoms with Gasteiger partial charge in [-0.1, -0.05) is 59.3 Å². The van der Waals surface area contributed by atoms with Gasteiger partial charge in [-0.3, -0.25) is 4.79 Å². The molecule has 0 aliphatic rings. The first-order chi connectivity index (χ1) is 10.1. The van der Waals surface area contributed by atoms with Gasteiger partial charge >= 0.3 is 0 Å². The molecule has 2 aromatic rings. The highest BCUT2D eigenvalue weighted by molar-refractivity contribution is 9.10. The monoisotopic (exact) mass is 345 g/mol. The summed E-state index contributed by atoms with van der Waals surface area (Å²) in [6.07, 6.45) is 1.43. The molecule has 1 atom stereocenters. The van der Waals surface area contributed by atoms with Crippen molar-refractivity contribution in [3.8, 4) is 0 Å². The Bertz CT molecular complexity index is 607. The van der Waals surface area contributed by atoms with E-state index < -0.39 is 0 Å². The quantitative estimate of drug-likeness (QED) is 0.853. The highest BCUT2D eigenvalue weighted by Crippen LogP contribution is 2.15. The molecular formula is C18H20BrNO. The van der Waals surface area contributed by atoms with Crippen LogP contribution in [0.2, 0.25) is 0 Å². The van der Waals surface area contributed by atoms with Crippen LogP contribution in [0.4, 0.5) is 0 Å². The van der Waals surface area contributed by atoms with Crippen LogP contribution in [0.1, 0.15) is 36.6 Å². The SMILES string of the molecule is CCc1ccc(C(C)NC(=O)Cc2cccc(Br)c2)cc1. The molecule has 21 heavy (non-hydrogen) atoms. The van der Waals surface area contributed by atoms with E-state index in [9.17, 15) is 4.79 Å². The maximum Gasteiger partial charge on any atom is 0.224 e. The first-order valence-corrected chi connectivity index (χ1v) is 8.00. The van der Waals surface area contributed by atoms with E-state index in [-0.39, 0.29) is 11.9 Å². The topological polar surface area (TPSA) is 29.1 Å². The van der Waals surface area contributed by atoms with Crippen molar-refractivity contribution >= 4 is 21.8 Å². The van der Waals surface area contributed by atoms with Crippen LogP contribution < -0.4 is 5.32 Å². The number of benzene rings is 2. The molecule has 110 valence electrons. The lowest BCUT2D eigenvalue weighted by Gasteiger charge is -2.15. The molecule has 0 aliphatic carbocycles. The van der Waals surface area contributed by atoms with Crippen molar-refractivity contribution in [3.63, 3.8) is 0 Å². The highest BCUT2D eigenvalue weighted by atomic mass is 79.9.